The van der Waals surface area contributed by atoms with Gasteiger partial charge in [0.1, 0.15) is 5.76 Å². The van der Waals surface area contributed by atoms with Gasteiger partial charge in [-0.2, -0.15) is 0 Å². The van der Waals surface area contributed by atoms with Crippen LogP contribution in [0.2, 0.25) is 0 Å². The van der Waals surface area contributed by atoms with Gasteiger partial charge in [-0.05, 0) is 26.0 Å². The average molecular weight is 274 g/mol. The lowest BCUT2D eigenvalue weighted by atomic mass is 10.1. The summed E-state index contributed by atoms with van der Waals surface area (Å²) in [7, 11) is 2.16. The second-order valence-electron chi connectivity index (χ2n) is 4.13. The normalized spacial score (nSPS) is 13.4. The van der Waals surface area contributed by atoms with E-state index in [1.807, 2.05) is 6.92 Å². The molecule has 3 heteroatoms. The number of nitrogens with zero attached hydrogens (tertiary/aromatic N) is 1. The van der Waals surface area contributed by atoms with Gasteiger partial charge in [-0.3, -0.25) is 0 Å². The molecule has 15 heavy (non-hydrogen) atoms. The summed E-state index contributed by atoms with van der Waals surface area (Å²) in [6.45, 7) is 6.37. The molecule has 0 aliphatic carbocycles. The van der Waals surface area contributed by atoms with Gasteiger partial charge in [0.2, 0.25) is 0 Å². The van der Waals surface area contributed by atoms with Crippen LogP contribution in [0, 0.1) is 12.8 Å². The molecule has 0 aliphatic rings. The van der Waals surface area contributed by atoms with Gasteiger partial charge in [0.25, 0.3) is 0 Å². The molecule has 1 aromatic rings. The number of rotatable bonds is 6. The second kappa shape index (κ2) is 6.33. The number of alkyl halides is 1. The van der Waals surface area contributed by atoms with Crippen molar-refractivity contribution in [3.63, 3.8) is 0 Å². The minimum Gasteiger partial charge on any atom is -0.469 e. The number of hydrogen-bond acceptors (Lipinski definition) is 2. The first-order valence-electron chi connectivity index (χ1n) is 5.44. The van der Waals surface area contributed by atoms with Crippen molar-refractivity contribution in [2.45, 2.75) is 26.8 Å². The van der Waals surface area contributed by atoms with Crippen LogP contribution in [-0.2, 0) is 6.54 Å². The molecule has 1 atom stereocenters. The van der Waals surface area contributed by atoms with E-state index in [4.69, 9.17) is 4.42 Å². The Labute approximate surface area is 101 Å². The van der Waals surface area contributed by atoms with E-state index >= 15 is 0 Å². The molecule has 0 saturated carbocycles. The predicted octanol–water partition coefficient (Wildman–Crippen LogP) is 3.44. The van der Waals surface area contributed by atoms with E-state index in [0.29, 0.717) is 0 Å². The molecule has 0 radical (unpaired) electrons. The van der Waals surface area contributed by atoms with E-state index in [1.165, 1.54) is 12.0 Å². The fourth-order valence-electron chi connectivity index (χ4n) is 1.66. The molecule has 86 valence electrons. The monoisotopic (exact) mass is 273 g/mol. The van der Waals surface area contributed by atoms with Crippen molar-refractivity contribution < 1.29 is 4.42 Å². The maximum atomic E-state index is 5.29. The topological polar surface area (TPSA) is 16.4 Å². The molecule has 0 N–H and O–H groups in total. The molecule has 0 spiro atoms. The van der Waals surface area contributed by atoms with Crippen LogP contribution >= 0.6 is 15.9 Å². The third-order valence-electron chi connectivity index (χ3n) is 2.77. The van der Waals surface area contributed by atoms with E-state index in [1.54, 1.807) is 6.26 Å². The van der Waals surface area contributed by atoms with Crippen LogP contribution in [-0.4, -0.2) is 23.8 Å². The van der Waals surface area contributed by atoms with Crippen molar-refractivity contribution in [2.75, 3.05) is 18.9 Å². The van der Waals surface area contributed by atoms with Crippen molar-refractivity contribution in [1.29, 1.82) is 0 Å². The van der Waals surface area contributed by atoms with Gasteiger partial charge in [0.15, 0.2) is 0 Å². The summed E-state index contributed by atoms with van der Waals surface area (Å²) in [4.78, 5) is 2.35. The summed E-state index contributed by atoms with van der Waals surface area (Å²) in [5.74, 6) is 1.77. The Bertz CT molecular complexity index is 281. The summed E-state index contributed by atoms with van der Waals surface area (Å²) in [5.41, 5.74) is 1.29. The number of aryl methyl sites for hydroxylation is 1. The highest BCUT2D eigenvalue weighted by Gasteiger charge is 2.10. The Morgan fingerprint density at radius 2 is 2.27 bits per heavy atom. The molecule has 1 unspecified atom stereocenters. The summed E-state index contributed by atoms with van der Waals surface area (Å²) >= 11 is 3.55. The molecule has 1 rings (SSSR count). The highest BCUT2D eigenvalue weighted by atomic mass is 79.9. The Morgan fingerprint density at radius 1 is 1.53 bits per heavy atom. The van der Waals surface area contributed by atoms with Crippen LogP contribution in [0.5, 0.6) is 0 Å². The lowest BCUT2D eigenvalue weighted by molar-refractivity contribution is 0.276. The van der Waals surface area contributed by atoms with Crippen LogP contribution < -0.4 is 0 Å². The fourth-order valence-corrected chi connectivity index (χ4v) is 2.32. The van der Waals surface area contributed by atoms with Gasteiger partial charge < -0.3 is 9.32 Å². The van der Waals surface area contributed by atoms with Gasteiger partial charge in [0.05, 0.1) is 6.26 Å². The SMILES string of the molecule is CCC(CBr)CN(C)Cc1ccoc1C. The first-order valence-corrected chi connectivity index (χ1v) is 6.57. The van der Waals surface area contributed by atoms with Gasteiger partial charge >= 0.3 is 0 Å². The van der Waals surface area contributed by atoms with Crippen molar-refractivity contribution in [3.8, 4) is 0 Å². The zero-order chi connectivity index (χ0) is 11.3. The highest BCUT2D eigenvalue weighted by molar-refractivity contribution is 9.09. The Balaban J connectivity index is 2.42. The Morgan fingerprint density at radius 3 is 2.73 bits per heavy atom. The fraction of sp³-hybridized carbons (Fsp3) is 0.667. The van der Waals surface area contributed by atoms with E-state index in [-0.39, 0.29) is 0 Å². The second-order valence-corrected chi connectivity index (χ2v) is 4.77. The van der Waals surface area contributed by atoms with E-state index in [9.17, 15) is 0 Å². The highest BCUT2D eigenvalue weighted by Crippen LogP contribution is 2.14. The third kappa shape index (κ3) is 3.99. The minimum atomic E-state index is 0.738. The molecule has 2 nitrogen and oxygen atoms in total. The van der Waals surface area contributed by atoms with Crippen molar-refractivity contribution >= 4 is 15.9 Å². The first kappa shape index (κ1) is 12.8. The van der Waals surface area contributed by atoms with Crippen molar-refractivity contribution in [1.82, 2.24) is 4.90 Å². The molecule has 0 aromatic carbocycles. The number of furan rings is 1. The van der Waals surface area contributed by atoms with Crippen LogP contribution in [0.15, 0.2) is 16.7 Å². The van der Waals surface area contributed by atoms with Crippen LogP contribution in [0.1, 0.15) is 24.7 Å². The molecule has 0 fully saturated rings. The van der Waals surface area contributed by atoms with Gasteiger partial charge in [-0.15, -0.1) is 0 Å². The molecule has 1 heterocycles. The first-order chi connectivity index (χ1) is 7.17. The average Bonchev–Trinajstić information content (AvgIpc) is 2.61. The maximum Gasteiger partial charge on any atom is 0.105 e. The molecule has 0 bridgehead atoms. The summed E-state index contributed by atoms with van der Waals surface area (Å²) in [6.07, 6.45) is 2.99. The zero-order valence-electron chi connectivity index (χ0n) is 9.79. The van der Waals surface area contributed by atoms with E-state index in [2.05, 4.69) is 40.9 Å². The Hall–Kier alpha value is -0.280. The van der Waals surface area contributed by atoms with Crippen molar-refractivity contribution in [2.24, 2.45) is 5.92 Å². The summed E-state index contributed by atoms with van der Waals surface area (Å²) in [6, 6.07) is 2.06. The van der Waals surface area contributed by atoms with Crippen LogP contribution in [0.3, 0.4) is 0 Å². The minimum absolute atomic E-state index is 0.738. The molecule has 0 amide bonds. The van der Waals surface area contributed by atoms with Crippen LogP contribution in [0.25, 0.3) is 0 Å². The number of hydrogen-bond donors (Lipinski definition) is 0. The van der Waals surface area contributed by atoms with Gasteiger partial charge in [-0.1, -0.05) is 29.3 Å². The van der Waals surface area contributed by atoms with Gasteiger partial charge in [0, 0.05) is 24.0 Å². The lowest BCUT2D eigenvalue weighted by Crippen LogP contribution is -2.25. The quantitative estimate of drug-likeness (QED) is 0.739. The van der Waals surface area contributed by atoms with E-state index in [0.717, 1.165) is 30.1 Å². The molecular weight excluding hydrogens is 254 g/mol. The summed E-state index contributed by atoms with van der Waals surface area (Å²) < 4.78 is 5.29. The number of halogens is 1. The van der Waals surface area contributed by atoms with Crippen LogP contribution in [0.4, 0.5) is 0 Å². The lowest BCUT2D eigenvalue weighted by Gasteiger charge is -2.21. The van der Waals surface area contributed by atoms with Crippen molar-refractivity contribution in [3.05, 3.63) is 23.7 Å². The van der Waals surface area contributed by atoms with E-state index < -0.39 is 0 Å². The predicted molar refractivity (Wildman–Crippen MR) is 67.4 cm³/mol. The Kier molecular flexibility index (Phi) is 5.40. The molecule has 1 aromatic heterocycles. The largest absolute Gasteiger partial charge is 0.469 e. The molecule has 0 aliphatic heterocycles. The summed E-state index contributed by atoms with van der Waals surface area (Å²) in [5, 5.41) is 1.08. The van der Waals surface area contributed by atoms with Gasteiger partial charge in [-0.25, -0.2) is 0 Å². The molecular formula is C12H20BrNO. The third-order valence-corrected chi connectivity index (χ3v) is 3.69. The standard InChI is InChI=1S/C12H20BrNO/c1-4-11(7-13)8-14(3)9-12-5-6-15-10(12)2/h5-6,11H,4,7-9H2,1-3H3. The smallest absolute Gasteiger partial charge is 0.105 e. The maximum absolute atomic E-state index is 5.29. The molecule has 0 saturated heterocycles. The zero-order valence-corrected chi connectivity index (χ0v) is 11.4.